The molecule has 0 aliphatic rings. The first-order valence-corrected chi connectivity index (χ1v) is 8.22. The van der Waals surface area contributed by atoms with Crippen molar-refractivity contribution in [1.82, 2.24) is 0 Å². The van der Waals surface area contributed by atoms with E-state index >= 15 is 0 Å². The van der Waals surface area contributed by atoms with Crippen molar-refractivity contribution in [3.8, 4) is 5.75 Å². The van der Waals surface area contributed by atoms with Gasteiger partial charge in [0.2, 0.25) is 0 Å². The van der Waals surface area contributed by atoms with Crippen molar-refractivity contribution in [1.29, 1.82) is 0 Å². The Morgan fingerprint density at radius 1 is 1.08 bits per heavy atom. The molecular formula is C20H23NO4. The van der Waals surface area contributed by atoms with E-state index in [0.29, 0.717) is 23.6 Å². The highest BCUT2D eigenvalue weighted by atomic mass is 16.5. The fourth-order valence-electron chi connectivity index (χ4n) is 2.32. The van der Waals surface area contributed by atoms with Crippen LogP contribution in [0.4, 0.5) is 5.69 Å². The van der Waals surface area contributed by atoms with Gasteiger partial charge in [0.05, 0.1) is 12.2 Å². The number of rotatable bonds is 6. The first kappa shape index (κ1) is 18.5. The smallest absolute Gasteiger partial charge is 0.338 e. The summed E-state index contributed by atoms with van der Waals surface area (Å²) in [5.41, 5.74) is 3.15. The maximum Gasteiger partial charge on any atom is 0.338 e. The van der Waals surface area contributed by atoms with E-state index in [4.69, 9.17) is 9.47 Å². The Morgan fingerprint density at radius 2 is 1.76 bits per heavy atom. The number of benzene rings is 2. The Balaban J connectivity index is 1.96. The molecule has 2 aromatic rings. The van der Waals surface area contributed by atoms with Gasteiger partial charge in [-0.25, -0.2) is 4.79 Å². The van der Waals surface area contributed by atoms with Crippen LogP contribution in [0.1, 0.15) is 35.3 Å². The highest BCUT2D eigenvalue weighted by molar-refractivity contribution is 5.97. The van der Waals surface area contributed by atoms with Crippen LogP contribution in [0, 0.1) is 13.8 Å². The molecule has 0 fully saturated rings. The van der Waals surface area contributed by atoms with E-state index in [9.17, 15) is 9.59 Å². The molecule has 2 aromatic carbocycles. The number of nitrogens with one attached hydrogen (secondary N) is 1. The van der Waals surface area contributed by atoms with E-state index in [0.717, 1.165) is 11.1 Å². The molecule has 0 heterocycles. The van der Waals surface area contributed by atoms with Gasteiger partial charge in [0.15, 0.2) is 6.10 Å². The van der Waals surface area contributed by atoms with Crippen LogP contribution in [0.15, 0.2) is 42.5 Å². The van der Waals surface area contributed by atoms with Crippen LogP contribution < -0.4 is 10.1 Å². The number of hydrogen-bond acceptors (Lipinski definition) is 4. The second-order valence-corrected chi connectivity index (χ2v) is 5.81. The second-order valence-electron chi connectivity index (χ2n) is 5.81. The first-order chi connectivity index (χ1) is 11.9. The molecule has 5 nitrogen and oxygen atoms in total. The maximum atomic E-state index is 12.2. The van der Waals surface area contributed by atoms with Crippen molar-refractivity contribution >= 4 is 17.6 Å². The van der Waals surface area contributed by atoms with Crippen LogP contribution in [-0.2, 0) is 9.53 Å². The Kier molecular flexibility index (Phi) is 6.17. The molecule has 0 radical (unpaired) electrons. The lowest BCUT2D eigenvalue weighted by Gasteiger charge is -2.15. The summed E-state index contributed by atoms with van der Waals surface area (Å²) in [6.45, 7) is 7.89. The summed E-state index contributed by atoms with van der Waals surface area (Å²) < 4.78 is 10.6. The minimum absolute atomic E-state index is 0.369. The highest BCUT2D eigenvalue weighted by Crippen LogP contribution is 2.17. The predicted octanol–water partition coefficient (Wildman–Crippen LogP) is 3.89. The molecule has 25 heavy (non-hydrogen) atoms. The molecule has 0 unspecified atom stereocenters. The van der Waals surface area contributed by atoms with E-state index in [1.165, 1.54) is 0 Å². The predicted molar refractivity (Wildman–Crippen MR) is 97.0 cm³/mol. The SMILES string of the molecule is CCOc1ccc(C(=O)O[C@@H](C)C(=O)Nc2ccc(C)cc2C)cc1. The van der Waals surface area contributed by atoms with E-state index in [2.05, 4.69) is 5.32 Å². The van der Waals surface area contributed by atoms with Gasteiger partial charge in [-0.1, -0.05) is 17.7 Å². The maximum absolute atomic E-state index is 12.2. The third-order valence-corrected chi connectivity index (χ3v) is 3.69. The molecule has 0 saturated carbocycles. The topological polar surface area (TPSA) is 64.6 Å². The summed E-state index contributed by atoms with van der Waals surface area (Å²) in [5.74, 6) is -0.239. The Bertz CT molecular complexity index is 753. The summed E-state index contributed by atoms with van der Waals surface area (Å²) in [5, 5.41) is 2.78. The average molecular weight is 341 g/mol. The fraction of sp³-hybridized carbons (Fsp3) is 0.300. The van der Waals surface area contributed by atoms with Gasteiger partial charge in [-0.2, -0.15) is 0 Å². The second kappa shape index (κ2) is 8.33. The number of carbonyl (C=O) groups excluding carboxylic acids is 2. The molecule has 0 aromatic heterocycles. The molecule has 0 aliphatic carbocycles. The lowest BCUT2D eigenvalue weighted by atomic mass is 10.1. The molecule has 132 valence electrons. The average Bonchev–Trinajstić information content (AvgIpc) is 2.58. The minimum atomic E-state index is -0.903. The lowest BCUT2D eigenvalue weighted by Crippen LogP contribution is -2.30. The fourth-order valence-corrected chi connectivity index (χ4v) is 2.32. The normalized spacial score (nSPS) is 11.5. The van der Waals surface area contributed by atoms with Crippen LogP contribution in [0.3, 0.4) is 0 Å². The van der Waals surface area contributed by atoms with E-state index < -0.39 is 12.1 Å². The minimum Gasteiger partial charge on any atom is -0.494 e. The number of carbonyl (C=O) groups is 2. The summed E-state index contributed by atoms with van der Waals surface area (Å²) >= 11 is 0. The Labute approximate surface area is 148 Å². The van der Waals surface area contributed by atoms with Crippen molar-refractivity contribution in [2.75, 3.05) is 11.9 Å². The highest BCUT2D eigenvalue weighted by Gasteiger charge is 2.19. The summed E-state index contributed by atoms with van der Waals surface area (Å²) in [7, 11) is 0. The standard InChI is InChI=1S/C20H23NO4/c1-5-24-17-9-7-16(8-10-17)20(23)25-15(4)19(22)21-18-11-6-13(2)12-14(18)3/h6-12,15H,5H2,1-4H3,(H,21,22)/t15-/m0/s1. The number of esters is 1. The molecule has 5 heteroatoms. The number of hydrogen-bond donors (Lipinski definition) is 1. The van der Waals surface area contributed by atoms with Gasteiger partial charge in [-0.3, -0.25) is 4.79 Å². The van der Waals surface area contributed by atoms with Crippen molar-refractivity contribution in [3.63, 3.8) is 0 Å². The van der Waals surface area contributed by atoms with Gasteiger partial charge in [0, 0.05) is 5.69 Å². The van der Waals surface area contributed by atoms with Crippen LogP contribution >= 0.6 is 0 Å². The van der Waals surface area contributed by atoms with Crippen molar-refractivity contribution in [3.05, 3.63) is 59.2 Å². The van der Waals surface area contributed by atoms with Gasteiger partial charge in [-0.15, -0.1) is 0 Å². The Hall–Kier alpha value is -2.82. The summed E-state index contributed by atoms with van der Waals surface area (Å²) in [4.78, 5) is 24.4. The van der Waals surface area contributed by atoms with Crippen molar-refractivity contribution in [2.45, 2.75) is 33.8 Å². The number of anilines is 1. The lowest BCUT2D eigenvalue weighted by molar-refractivity contribution is -0.123. The molecule has 1 atom stereocenters. The third-order valence-electron chi connectivity index (χ3n) is 3.69. The zero-order valence-corrected chi connectivity index (χ0v) is 15.0. The molecule has 1 N–H and O–H groups in total. The largest absolute Gasteiger partial charge is 0.494 e. The van der Waals surface area contributed by atoms with Crippen LogP contribution in [0.5, 0.6) is 5.75 Å². The third kappa shape index (κ3) is 5.08. The quantitative estimate of drug-likeness (QED) is 0.810. The van der Waals surface area contributed by atoms with Crippen LogP contribution in [0.25, 0.3) is 0 Å². The monoisotopic (exact) mass is 341 g/mol. The zero-order valence-electron chi connectivity index (χ0n) is 15.0. The van der Waals surface area contributed by atoms with Gasteiger partial charge in [-0.05, 0) is 63.6 Å². The summed E-state index contributed by atoms with van der Waals surface area (Å²) in [6.07, 6.45) is -0.903. The molecule has 1 amide bonds. The van der Waals surface area contributed by atoms with Crippen LogP contribution in [-0.4, -0.2) is 24.6 Å². The Morgan fingerprint density at radius 3 is 2.36 bits per heavy atom. The van der Waals surface area contributed by atoms with Crippen molar-refractivity contribution < 1.29 is 19.1 Å². The zero-order chi connectivity index (χ0) is 18.4. The molecule has 0 spiro atoms. The number of aryl methyl sites for hydroxylation is 2. The van der Waals surface area contributed by atoms with Crippen molar-refractivity contribution in [2.24, 2.45) is 0 Å². The van der Waals surface area contributed by atoms with Gasteiger partial charge in [0.1, 0.15) is 5.75 Å². The van der Waals surface area contributed by atoms with Gasteiger partial charge in [0.25, 0.3) is 5.91 Å². The van der Waals surface area contributed by atoms with E-state index in [-0.39, 0.29) is 5.91 Å². The first-order valence-electron chi connectivity index (χ1n) is 8.22. The number of amides is 1. The molecule has 0 aliphatic heterocycles. The van der Waals surface area contributed by atoms with E-state index in [1.54, 1.807) is 31.2 Å². The number of ether oxygens (including phenoxy) is 2. The molecular weight excluding hydrogens is 318 g/mol. The van der Waals surface area contributed by atoms with Gasteiger partial charge >= 0.3 is 5.97 Å². The van der Waals surface area contributed by atoms with Crippen LogP contribution in [0.2, 0.25) is 0 Å². The van der Waals surface area contributed by atoms with Gasteiger partial charge < -0.3 is 14.8 Å². The molecule has 0 bridgehead atoms. The summed E-state index contributed by atoms with van der Waals surface area (Å²) in [6, 6.07) is 12.3. The molecule has 2 rings (SSSR count). The molecule has 0 saturated heterocycles. The van der Waals surface area contributed by atoms with E-state index in [1.807, 2.05) is 39.0 Å².